The second-order valence-corrected chi connectivity index (χ2v) is 11.3. The van der Waals surface area contributed by atoms with E-state index >= 15 is 0 Å². The lowest BCUT2D eigenvalue weighted by molar-refractivity contribution is 0.499. The summed E-state index contributed by atoms with van der Waals surface area (Å²) in [5.74, 6) is 0.812. The smallest absolute Gasteiger partial charge is 0.211 e. The average molecular weight is 451 g/mol. The highest BCUT2D eigenvalue weighted by Gasteiger charge is 2.25. The Morgan fingerprint density at radius 3 is 1.43 bits per heavy atom. The first kappa shape index (κ1) is 22.9. The molecule has 164 valence electrons. The van der Waals surface area contributed by atoms with E-state index in [9.17, 15) is 16.8 Å². The summed E-state index contributed by atoms with van der Waals surface area (Å²) in [5, 5.41) is 0. The van der Waals surface area contributed by atoms with Crippen LogP contribution in [0.4, 0.5) is 0 Å². The normalized spacial score (nSPS) is 24.2. The maximum atomic E-state index is 11.8. The first-order chi connectivity index (χ1) is 14.3. The molecule has 6 nitrogen and oxygen atoms in total. The second kappa shape index (κ2) is 9.60. The standard InChI is InChI=1S/2C11H15NO2S/c2*1-2-9-7-10-5-3-4-6-11(10)15(13,14)12-8-9/h2*3-6,9,12H,2,7-8H2,1H3/t2*9-/m10/s1. The van der Waals surface area contributed by atoms with Crippen LogP contribution in [0.25, 0.3) is 0 Å². The summed E-state index contributed by atoms with van der Waals surface area (Å²) in [7, 11) is -6.54. The van der Waals surface area contributed by atoms with Crippen molar-refractivity contribution in [3.63, 3.8) is 0 Å². The highest BCUT2D eigenvalue weighted by atomic mass is 32.2. The van der Waals surface area contributed by atoms with Crippen molar-refractivity contribution in [2.45, 2.75) is 49.3 Å². The molecule has 0 aromatic heterocycles. The summed E-state index contributed by atoms with van der Waals surface area (Å²) in [5.41, 5.74) is 1.88. The Morgan fingerprint density at radius 2 is 1.07 bits per heavy atom. The summed E-state index contributed by atoms with van der Waals surface area (Å²) in [6.45, 7) is 5.28. The highest BCUT2D eigenvalue weighted by Crippen LogP contribution is 2.24. The van der Waals surface area contributed by atoms with Crippen molar-refractivity contribution in [3.05, 3.63) is 59.7 Å². The third kappa shape index (κ3) is 5.29. The van der Waals surface area contributed by atoms with Gasteiger partial charge in [-0.25, -0.2) is 26.3 Å². The molecule has 2 N–H and O–H groups in total. The number of rotatable bonds is 2. The Balaban J connectivity index is 0.000000171. The third-order valence-electron chi connectivity index (χ3n) is 5.82. The Bertz CT molecular complexity index is 994. The monoisotopic (exact) mass is 450 g/mol. The molecule has 0 radical (unpaired) electrons. The van der Waals surface area contributed by atoms with Gasteiger partial charge in [-0.05, 0) is 47.9 Å². The largest absolute Gasteiger partial charge is 0.240 e. The summed E-state index contributed by atoms with van der Waals surface area (Å²) in [6.07, 6.45) is 3.69. The van der Waals surface area contributed by atoms with Gasteiger partial charge in [-0.15, -0.1) is 0 Å². The van der Waals surface area contributed by atoms with E-state index < -0.39 is 20.0 Å². The first-order valence-corrected chi connectivity index (χ1v) is 13.4. The van der Waals surface area contributed by atoms with Crippen LogP contribution in [0.15, 0.2) is 58.3 Å². The molecule has 0 spiro atoms. The van der Waals surface area contributed by atoms with E-state index in [1.54, 1.807) is 24.3 Å². The van der Waals surface area contributed by atoms with Crippen molar-refractivity contribution in [2.24, 2.45) is 11.8 Å². The fraction of sp³-hybridized carbons (Fsp3) is 0.455. The van der Waals surface area contributed by atoms with Crippen LogP contribution in [-0.4, -0.2) is 29.9 Å². The summed E-state index contributed by atoms with van der Waals surface area (Å²) < 4.78 is 52.7. The molecule has 0 amide bonds. The number of fused-ring (bicyclic) bond motifs is 2. The van der Waals surface area contributed by atoms with Gasteiger partial charge < -0.3 is 0 Å². The van der Waals surface area contributed by atoms with Crippen molar-refractivity contribution in [2.75, 3.05) is 13.1 Å². The molecule has 0 saturated carbocycles. The topological polar surface area (TPSA) is 92.3 Å². The molecule has 2 aliphatic heterocycles. The molecule has 2 aromatic rings. The lowest BCUT2D eigenvalue weighted by atomic mass is 9.97. The van der Waals surface area contributed by atoms with Gasteiger partial charge >= 0.3 is 0 Å². The minimum absolute atomic E-state index is 0.406. The predicted molar refractivity (Wildman–Crippen MR) is 118 cm³/mol. The van der Waals surface area contributed by atoms with E-state index in [-0.39, 0.29) is 0 Å². The number of benzene rings is 2. The molecule has 0 bridgehead atoms. The van der Waals surface area contributed by atoms with E-state index in [4.69, 9.17) is 0 Å². The maximum absolute atomic E-state index is 11.8. The maximum Gasteiger partial charge on any atom is 0.240 e. The zero-order chi connectivity index (χ0) is 21.8. The number of nitrogens with one attached hydrogen (secondary N) is 2. The lowest BCUT2D eigenvalue weighted by Crippen LogP contribution is -2.26. The van der Waals surface area contributed by atoms with Gasteiger partial charge in [0, 0.05) is 13.1 Å². The van der Waals surface area contributed by atoms with Gasteiger partial charge in [0.1, 0.15) is 0 Å². The lowest BCUT2D eigenvalue weighted by Gasteiger charge is -2.09. The predicted octanol–water partition coefficient (Wildman–Crippen LogP) is 3.09. The molecule has 0 saturated heterocycles. The van der Waals surface area contributed by atoms with Crippen molar-refractivity contribution in [3.8, 4) is 0 Å². The zero-order valence-corrected chi connectivity index (χ0v) is 19.1. The quantitative estimate of drug-likeness (QED) is 0.735. The van der Waals surface area contributed by atoms with Gasteiger partial charge in [-0.2, -0.15) is 0 Å². The van der Waals surface area contributed by atoms with Gasteiger partial charge in [0.05, 0.1) is 9.79 Å². The molecule has 0 unspecified atom stereocenters. The zero-order valence-electron chi connectivity index (χ0n) is 17.5. The van der Waals surface area contributed by atoms with Crippen molar-refractivity contribution in [1.29, 1.82) is 0 Å². The Kier molecular flexibility index (Phi) is 7.34. The van der Waals surface area contributed by atoms with E-state index in [2.05, 4.69) is 23.3 Å². The van der Waals surface area contributed by atoms with Crippen LogP contribution in [-0.2, 0) is 32.9 Å². The molecule has 2 atom stereocenters. The number of hydrogen-bond donors (Lipinski definition) is 2. The molecule has 0 fully saturated rings. The highest BCUT2D eigenvalue weighted by molar-refractivity contribution is 7.89. The third-order valence-corrected chi connectivity index (χ3v) is 8.87. The molecule has 8 heteroatoms. The van der Waals surface area contributed by atoms with Gasteiger partial charge in [-0.3, -0.25) is 0 Å². The van der Waals surface area contributed by atoms with Gasteiger partial charge in [0.2, 0.25) is 20.0 Å². The van der Waals surface area contributed by atoms with E-state index in [1.807, 2.05) is 24.3 Å². The number of sulfonamides is 2. The molecule has 2 aromatic carbocycles. The van der Waals surface area contributed by atoms with Crippen molar-refractivity contribution < 1.29 is 16.8 Å². The minimum atomic E-state index is -3.27. The van der Waals surface area contributed by atoms with Gasteiger partial charge in [0.15, 0.2) is 0 Å². The molecular formula is C22H30N2O4S2. The van der Waals surface area contributed by atoms with Crippen LogP contribution in [0.3, 0.4) is 0 Å². The van der Waals surface area contributed by atoms with E-state index in [0.717, 1.165) is 36.8 Å². The molecule has 0 aliphatic carbocycles. The van der Waals surface area contributed by atoms with Crippen LogP contribution in [0, 0.1) is 11.8 Å². The average Bonchev–Trinajstić information content (AvgIpc) is 2.96. The van der Waals surface area contributed by atoms with Crippen LogP contribution in [0.2, 0.25) is 0 Å². The fourth-order valence-electron chi connectivity index (χ4n) is 3.82. The first-order valence-electron chi connectivity index (χ1n) is 10.4. The molecular weight excluding hydrogens is 420 g/mol. The Hall–Kier alpha value is -1.74. The van der Waals surface area contributed by atoms with Crippen molar-refractivity contribution in [1.82, 2.24) is 9.44 Å². The second-order valence-electron chi connectivity index (χ2n) is 7.88. The molecule has 4 rings (SSSR count). The SMILES string of the molecule is CC[C@@H]1CNS(=O)(=O)c2ccccc2C1.CC[C@H]1CNS(=O)(=O)c2ccccc2C1. The van der Waals surface area contributed by atoms with Crippen LogP contribution < -0.4 is 9.44 Å². The Labute approximate surface area is 180 Å². The van der Waals surface area contributed by atoms with Crippen LogP contribution in [0.1, 0.15) is 37.8 Å². The van der Waals surface area contributed by atoms with E-state index in [0.29, 0.717) is 34.7 Å². The number of hydrogen-bond acceptors (Lipinski definition) is 4. The Morgan fingerprint density at radius 1 is 0.700 bits per heavy atom. The van der Waals surface area contributed by atoms with Gasteiger partial charge in [0.25, 0.3) is 0 Å². The fourth-order valence-corrected chi connectivity index (χ4v) is 6.55. The van der Waals surface area contributed by atoms with Crippen LogP contribution in [0.5, 0.6) is 0 Å². The molecule has 30 heavy (non-hydrogen) atoms. The van der Waals surface area contributed by atoms with Crippen LogP contribution >= 0.6 is 0 Å². The summed E-state index contributed by atoms with van der Waals surface area (Å²) in [6, 6.07) is 14.5. The summed E-state index contributed by atoms with van der Waals surface area (Å²) in [4.78, 5) is 0.891. The molecule has 2 heterocycles. The van der Waals surface area contributed by atoms with Crippen molar-refractivity contribution >= 4 is 20.0 Å². The summed E-state index contributed by atoms with van der Waals surface area (Å²) >= 11 is 0. The van der Waals surface area contributed by atoms with Gasteiger partial charge in [-0.1, -0.05) is 63.1 Å². The van der Waals surface area contributed by atoms with E-state index in [1.165, 1.54) is 0 Å². The minimum Gasteiger partial charge on any atom is -0.211 e. The molecule has 2 aliphatic rings.